The van der Waals surface area contributed by atoms with Crippen molar-refractivity contribution in [1.82, 2.24) is 9.55 Å². The molecule has 0 unspecified atom stereocenters. The zero-order chi connectivity index (χ0) is 15.0. The Balaban J connectivity index is 2.27. The van der Waals surface area contributed by atoms with Crippen LogP contribution in [0.3, 0.4) is 0 Å². The number of imidazole rings is 1. The molecule has 0 saturated carbocycles. The number of benzene rings is 2. The molecule has 0 aliphatic rings. The molecule has 0 amide bonds. The largest absolute Gasteiger partial charge is 0.296 e. The summed E-state index contributed by atoms with van der Waals surface area (Å²) in [6.45, 7) is 6.37. The number of nitrogens with zero attached hydrogens (tertiary/aromatic N) is 2. The Labute approximate surface area is 130 Å². The van der Waals surface area contributed by atoms with Crippen molar-refractivity contribution in [3.8, 4) is 5.69 Å². The second-order valence-corrected chi connectivity index (χ2v) is 5.94. The van der Waals surface area contributed by atoms with Gasteiger partial charge >= 0.3 is 0 Å². The Bertz CT molecular complexity index is 802. The van der Waals surface area contributed by atoms with Crippen molar-refractivity contribution in [1.29, 1.82) is 0 Å². The average molecular weight is 299 g/mol. The van der Waals surface area contributed by atoms with Crippen LogP contribution in [0.5, 0.6) is 0 Å². The Morgan fingerprint density at radius 2 is 1.81 bits per heavy atom. The van der Waals surface area contributed by atoms with Gasteiger partial charge in [-0.25, -0.2) is 4.98 Å². The number of hydrogen-bond acceptors (Lipinski definition) is 1. The SMILES string of the molecule is Cc1ccc2c(c1)nc(CCCl)n2-c1ccc(C)c(C)c1. The van der Waals surface area contributed by atoms with Crippen LogP contribution in [-0.2, 0) is 6.42 Å². The second-order valence-electron chi connectivity index (χ2n) is 5.56. The summed E-state index contributed by atoms with van der Waals surface area (Å²) in [7, 11) is 0. The van der Waals surface area contributed by atoms with Gasteiger partial charge in [0.25, 0.3) is 0 Å². The fraction of sp³-hybridized carbons (Fsp3) is 0.278. The van der Waals surface area contributed by atoms with Gasteiger partial charge in [0.15, 0.2) is 0 Å². The number of hydrogen-bond donors (Lipinski definition) is 0. The van der Waals surface area contributed by atoms with Crippen molar-refractivity contribution < 1.29 is 0 Å². The average Bonchev–Trinajstić information content (AvgIpc) is 2.79. The lowest BCUT2D eigenvalue weighted by atomic mass is 10.1. The van der Waals surface area contributed by atoms with Crippen LogP contribution >= 0.6 is 11.6 Å². The third-order valence-corrected chi connectivity index (χ3v) is 4.14. The van der Waals surface area contributed by atoms with Crippen molar-refractivity contribution in [3.63, 3.8) is 0 Å². The quantitative estimate of drug-likeness (QED) is 0.639. The van der Waals surface area contributed by atoms with Crippen LogP contribution in [0.1, 0.15) is 22.5 Å². The maximum Gasteiger partial charge on any atom is 0.115 e. The van der Waals surface area contributed by atoms with Crippen LogP contribution in [0.15, 0.2) is 36.4 Å². The standard InChI is InChI=1S/C18H19ClN2/c1-12-4-7-17-16(10-12)20-18(8-9-19)21(17)15-6-5-13(2)14(3)11-15/h4-7,10-11H,8-9H2,1-3H3. The normalized spacial score (nSPS) is 11.2. The van der Waals surface area contributed by atoms with Gasteiger partial charge in [0, 0.05) is 18.0 Å². The van der Waals surface area contributed by atoms with Crippen LogP contribution in [0.2, 0.25) is 0 Å². The first-order valence-electron chi connectivity index (χ1n) is 7.21. The van der Waals surface area contributed by atoms with Crippen molar-refractivity contribution in [2.75, 3.05) is 5.88 Å². The Kier molecular flexibility index (Phi) is 3.73. The topological polar surface area (TPSA) is 17.8 Å². The molecule has 0 aliphatic heterocycles. The van der Waals surface area contributed by atoms with Gasteiger partial charge in [-0.2, -0.15) is 0 Å². The van der Waals surface area contributed by atoms with E-state index in [-0.39, 0.29) is 0 Å². The van der Waals surface area contributed by atoms with Gasteiger partial charge in [0.1, 0.15) is 5.82 Å². The van der Waals surface area contributed by atoms with Crippen LogP contribution in [0.25, 0.3) is 16.7 Å². The summed E-state index contributed by atoms with van der Waals surface area (Å²) >= 11 is 5.96. The molecular weight excluding hydrogens is 280 g/mol. The van der Waals surface area contributed by atoms with E-state index in [9.17, 15) is 0 Å². The van der Waals surface area contributed by atoms with Gasteiger partial charge < -0.3 is 0 Å². The van der Waals surface area contributed by atoms with Crippen molar-refractivity contribution in [2.45, 2.75) is 27.2 Å². The Hall–Kier alpha value is -1.80. The Morgan fingerprint density at radius 3 is 2.52 bits per heavy atom. The minimum absolute atomic E-state index is 0.577. The summed E-state index contributed by atoms with van der Waals surface area (Å²) in [6, 6.07) is 12.9. The summed E-state index contributed by atoms with van der Waals surface area (Å²) in [5, 5.41) is 0. The van der Waals surface area contributed by atoms with E-state index >= 15 is 0 Å². The molecular formula is C18H19ClN2. The highest BCUT2D eigenvalue weighted by molar-refractivity contribution is 6.17. The molecule has 2 aromatic carbocycles. The number of alkyl halides is 1. The van der Waals surface area contributed by atoms with Crippen LogP contribution in [0, 0.1) is 20.8 Å². The van der Waals surface area contributed by atoms with E-state index in [2.05, 4.69) is 61.7 Å². The van der Waals surface area contributed by atoms with E-state index in [0.717, 1.165) is 29.0 Å². The molecule has 3 aromatic rings. The minimum atomic E-state index is 0.577. The van der Waals surface area contributed by atoms with Gasteiger partial charge in [-0.05, 0) is 61.7 Å². The molecule has 0 spiro atoms. The molecule has 0 radical (unpaired) electrons. The number of rotatable bonds is 3. The van der Waals surface area contributed by atoms with Gasteiger partial charge in [0.05, 0.1) is 11.0 Å². The van der Waals surface area contributed by atoms with E-state index in [4.69, 9.17) is 16.6 Å². The third-order valence-electron chi connectivity index (χ3n) is 3.95. The first-order chi connectivity index (χ1) is 10.1. The first kappa shape index (κ1) is 14.2. The van der Waals surface area contributed by atoms with Gasteiger partial charge in [-0.3, -0.25) is 4.57 Å². The highest BCUT2D eigenvalue weighted by Crippen LogP contribution is 2.24. The van der Waals surface area contributed by atoms with Crippen LogP contribution in [-0.4, -0.2) is 15.4 Å². The highest BCUT2D eigenvalue weighted by Gasteiger charge is 2.12. The monoisotopic (exact) mass is 298 g/mol. The van der Waals surface area contributed by atoms with Crippen molar-refractivity contribution in [3.05, 3.63) is 58.9 Å². The molecule has 0 fully saturated rings. The molecule has 1 aromatic heterocycles. The summed E-state index contributed by atoms with van der Waals surface area (Å²) in [5.41, 5.74) is 7.16. The number of halogens is 1. The lowest BCUT2D eigenvalue weighted by Crippen LogP contribution is -2.02. The zero-order valence-electron chi connectivity index (χ0n) is 12.7. The summed E-state index contributed by atoms with van der Waals surface area (Å²) in [6.07, 6.45) is 0.766. The predicted octanol–water partition coefficient (Wildman–Crippen LogP) is 4.73. The van der Waals surface area contributed by atoms with E-state index in [1.54, 1.807) is 0 Å². The third kappa shape index (κ3) is 2.56. The van der Waals surface area contributed by atoms with Crippen molar-refractivity contribution >= 4 is 22.6 Å². The molecule has 0 bridgehead atoms. The summed E-state index contributed by atoms with van der Waals surface area (Å²) in [5.74, 6) is 1.60. The van der Waals surface area contributed by atoms with Crippen LogP contribution < -0.4 is 0 Å². The number of aryl methyl sites for hydroxylation is 4. The molecule has 3 rings (SSSR count). The molecule has 0 N–H and O–H groups in total. The summed E-state index contributed by atoms with van der Waals surface area (Å²) in [4.78, 5) is 4.77. The molecule has 3 heteroatoms. The Morgan fingerprint density at radius 1 is 1.00 bits per heavy atom. The van der Waals surface area contributed by atoms with Gasteiger partial charge in [0.2, 0.25) is 0 Å². The number of fused-ring (bicyclic) bond motifs is 1. The molecule has 2 nitrogen and oxygen atoms in total. The lowest BCUT2D eigenvalue weighted by molar-refractivity contribution is 0.911. The maximum atomic E-state index is 5.96. The molecule has 0 atom stereocenters. The predicted molar refractivity (Wildman–Crippen MR) is 89.7 cm³/mol. The molecule has 0 aliphatic carbocycles. The summed E-state index contributed by atoms with van der Waals surface area (Å²) < 4.78 is 2.23. The zero-order valence-corrected chi connectivity index (χ0v) is 13.4. The van der Waals surface area contributed by atoms with Gasteiger partial charge in [-0.1, -0.05) is 12.1 Å². The second kappa shape index (κ2) is 5.53. The van der Waals surface area contributed by atoms with E-state index in [1.165, 1.54) is 16.7 Å². The fourth-order valence-electron chi connectivity index (χ4n) is 2.65. The van der Waals surface area contributed by atoms with E-state index < -0.39 is 0 Å². The van der Waals surface area contributed by atoms with E-state index in [0.29, 0.717) is 5.88 Å². The van der Waals surface area contributed by atoms with Gasteiger partial charge in [-0.15, -0.1) is 11.6 Å². The lowest BCUT2D eigenvalue weighted by Gasteiger charge is -2.11. The maximum absolute atomic E-state index is 5.96. The van der Waals surface area contributed by atoms with Crippen molar-refractivity contribution in [2.24, 2.45) is 0 Å². The fourth-order valence-corrected chi connectivity index (χ4v) is 2.81. The minimum Gasteiger partial charge on any atom is -0.296 e. The number of aromatic nitrogens is 2. The highest BCUT2D eigenvalue weighted by atomic mass is 35.5. The molecule has 21 heavy (non-hydrogen) atoms. The molecule has 1 heterocycles. The molecule has 0 saturated heterocycles. The van der Waals surface area contributed by atoms with E-state index in [1.807, 2.05) is 0 Å². The smallest absolute Gasteiger partial charge is 0.115 e. The molecule has 108 valence electrons. The van der Waals surface area contributed by atoms with Crippen LogP contribution in [0.4, 0.5) is 0 Å². The first-order valence-corrected chi connectivity index (χ1v) is 7.75.